The van der Waals surface area contributed by atoms with Gasteiger partial charge in [-0.1, -0.05) is 255 Å². The molecule has 0 N–H and O–H groups in total. The minimum atomic E-state index is -2.58. The van der Waals surface area contributed by atoms with E-state index in [0.29, 0.717) is 132 Å². The third-order valence-corrected chi connectivity index (χ3v) is 25.9. The smallest absolute Gasteiger partial charge is 0.201 e. The highest BCUT2D eigenvalue weighted by Gasteiger charge is 2.30. The van der Waals surface area contributed by atoms with Crippen LogP contribution in [-0.2, 0) is 48.0 Å². The van der Waals surface area contributed by atoms with Gasteiger partial charge in [-0.15, -0.1) is 0 Å². The van der Waals surface area contributed by atoms with Gasteiger partial charge in [0.25, 0.3) is 0 Å². The fourth-order valence-electron chi connectivity index (χ4n) is 18.7. The van der Waals surface area contributed by atoms with Crippen molar-refractivity contribution in [2.45, 2.75) is 241 Å². The number of hydrogen-bond donors (Lipinski definition) is 0. The number of nitrogens with zero attached hydrogens (tertiary/aromatic N) is 5. The largest absolute Gasteiger partial charge is 0.213 e. The molecule has 5 nitrogen and oxygen atoms in total. The molecule has 5 heteroatoms. The molecule has 712 valence electrons. The van der Waals surface area contributed by atoms with E-state index < -0.39 is 125 Å². The van der Waals surface area contributed by atoms with Crippen LogP contribution in [0.1, 0.15) is 288 Å². The van der Waals surface area contributed by atoms with Gasteiger partial charge in [0.1, 0.15) is 35.2 Å². The number of pyridine rings is 5. The zero-order valence-electron chi connectivity index (χ0n) is 127. The van der Waals surface area contributed by atoms with E-state index in [1.54, 1.807) is 255 Å². The third-order valence-electron chi connectivity index (χ3n) is 25.9. The summed E-state index contributed by atoms with van der Waals surface area (Å²) in [4.78, 5) is 0. The minimum Gasteiger partial charge on any atom is -0.201 e. The molecule has 0 atom stereocenters. The van der Waals surface area contributed by atoms with E-state index >= 15 is 0 Å². The highest BCUT2D eigenvalue weighted by molar-refractivity contribution is 5.83. The zero-order chi connectivity index (χ0) is 137. The summed E-state index contributed by atoms with van der Waals surface area (Å²) < 4.78 is 377. The van der Waals surface area contributed by atoms with Gasteiger partial charge in [-0.05, 0) is 382 Å². The zero-order valence-corrected chi connectivity index (χ0v) is 82.3. The number of hydrogen-bond acceptors (Lipinski definition) is 0. The molecule has 0 amide bonds. The van der Waals surface area contributed by atoms with E-state index in [2.05, 4.69) is 54.1 Å². The second-order valence-electron chi connectivity index (χ2n) is 37.9. The molecule has 2 aliphatic carbocycles. The predicted molar refractivity (Wildman–Crippen MR) is 592 cm³/mol. The highest BCUT2D eigenvalue weighted by Crippen LogP contribution is 2.44. The molecule has 0 bridgehead atoms. The predicted octanol–water partition coefficient (Wildman–Crippen LogP) is 32.9. The molecule has 0 aliphatic heterocycles. The van der Waals surface area contributed by atoms with Crippen LogP contribution in [-0.4, -0.2) is 0 Å². The van der Waals surface area contributed by atoms with Crippen LogP contribution in [0, 0.1) is 135 Å². The third kappa shape index (κ3) is 24.2. The Kier molecular flexibility index (Phi) is 18.9. The van der Waals surface area contributed by atoms with Crippen molar-refractivity contribution < 1.29 is 84.5 Å². The van der Waals surface area contributed by atoms with Crippen molar-refractivity contribution in [1.29, 1.82) is 0 Å². The molecule has 2 fully saturated rings. The van der Waals surface area contributed by atoms with E-state index in [1.807, 2.05) is 43.4 Å². The van der Waals surface area contributed by atoms with E-state index in [1.165, 1.54) is 66.5 Å². The first kappa shape index (κ1) is 58.3. The molecule has 16 aromatic rings. The van der Waals surface area contributed by atoms with Crippen LogP contribution in [0.3, 0.4) is 0 Å². The van der Waals surface area contributed by atoms with Gasteiger partial charge in [0.2, 0.25) is 28.5 Å². The quantitative estimate of drug-likeness (QED) is 0.0859. The van der Waals surface area contributed by atoms with Gasteiger partial charge in [-0.2, -0.15) is 0 Å². The maximum Gasteiger partial charge on any atom is 0.213 e. The molecule has 0 unspecified atom stereocenters. The van der Waals surface area contributed by atoms with Gasteiger partial charge in [-0.25, -0.2) is 22.8 Å². The van der Waals surface area contributed by atoms with Crippen molar-refractivity contribution in [3.8, 4) is 123 Å². The molecule has 11 aromatic carbocycles. The normalized spacial score (nSPS) is 19.3. The van der Waals surface area contributed by atoms with Crippen LogP contribution in [0.15, 0.2) is 286 Å². The van der Waals surface area contributed by atoms with E-state index in [9.17, 15) is 1.37 Å². The molecule has 0 saturated heterocycles. The molecular weight excluding hydrogens is 1680 g/mol. The van der Waals surface area contributed by atoms with Crippen LogP contribution < -0.4 is 22.8 Å². The lowest BCUT2D eigenvalue weighted by atomic mass is 9.82. The molecule has 5 aromatic heterocycles. The summed E-state index contributed by atoms with van der Waals surface area (Å²) >= 11 is 0. The molecule has 5 heterocycles. The van der Waals surface area contributed by atoms with Crippen molar-refractivity contribution in [1.82, 2.24) is 0 Å². The van der Waals surface area contributed by atoms with E-state index in [-0.39, 0.29) is 100 Å². The molecule has 2 aliphatic rings. The van der Waals surface area contributed by atoms with Gasteiger partial charge in [0.15, 0.2) is 31.0 Å². The Hall–Kier alpha value is -12.8. The monoisotopic (exact) mass is 1880 g/mol. The van der Waals surface area contributed by atoms with Crippen LogP contribution >= 0.6 is 0 Å². The van der Waals surface area contributed by atoms with Gasteiger partial charge in [0, 0.05) is 148 Å². The Labute approximate surface area is 899 Å². The number of aromatic nitrogens is 5. The lowest BCUT2D eigenvalue weighted by Gasteiger charge is -2.23. The van der Waals surface area contributed by atoms with Crippen LogP contribution in [0.25, 0.3) is 123 Å². The lowest BCUT2D eigenvalue weighted by Crippen LogP contribution is -2.32. The average Bonchev–Trinajstić information content (AvgIpc) is 0.957. The Morgan fingerprint density at radius 1 is 0.266 bits per heavy atom. The Balaban J connectivity index is 0.000000176. The fraction of sp³-hybridized carbons (Fsp3) is 0.321. The van der Waals surface area contributed by atoms with Crippen molar-refractivity contribution in [3.05, 3.63) is 408 Å². The summed E-state index contributed by atoms with van der Waals surface area (Å²) in [5.41, 5.74) is 17.2. The summed E-state index contributed by atoms with van der Waals surface area (Å²) in [6, 6.07) is 72.7. The van der Waals surface area contributed by atoms with Crippen LogP contribution in [0.4, 0.5) is 0 Å². The summed E-state index contributed by atoms with van der Waals surface area (Å²) in [5.74, 6) is -2.57. The lowest BCUT2D eigenvalue weighted by molar-refractivity contribution is -0.661. The van der Waals surface area contributed by atoms with E-state index in [0.717, 1.165) is 65.6 Å². The fourth-order valence-corrected chi connectivity index (χ4v) is 18.7. The molecule has 0 radical (unpaired) electrons. The van der Waals surface area contributed by atoms with Crippen LogP contribution in [0.2, 0.25) is 0 Å². The Bertz CT molecular complexity index is 8890. The number of rotatable bonds is 16. The van der Waals surface area contributed by atoms with Crippen molar-refractivity contribution in [2.24, 2.45) is 46.6 Å². The van der Waals surface area contributed by atoms with Crippen molar-refractivity contribution >= 4 is 0 Å². The maximum absolute atomic E-state index is 9.26. The minimum absolute atomic E-state index is 0.00468. The Morgan fingerprint density at radius 2 is 0.583 bits per heavy atom. The molecule has 139 heavy (non-hydrogen) atoms. The summed E-state index contributed by atoms with van der Waals surface area (Å²) in [5, 5.41) is 0. The standard InChI is InChI=1S/C28H34N.C27H32N.C27H34N.C26H24N.C26H32N/c1-19-11-9-10-14-24(19)26-16-27(21(3)15-20(26)2)28-17-25(22(4)18-29(28)5)23-12-7-6-8-13-23;1-18-10-6-9-13-23(18)25-15-26(20(3)14-19(25)2)27-16-24(21(4)17-28(27)5)22-11-7-8-12-22;1-18-11-9-10-12-23(18)24-15-25(20(3)13-19(24)2)26-14-22(16-27(5,6)7)21(4)17-28(26)8;1-19-9-7-8-12-24(19)23-14-13-20(2)25(17-23)26-18-22(15-16-27(26)3)21-10-5-4-6-11-21;1-17(2)12-22-14-26(27(7)16-21(22)6)25-15-24(19(4)13-20(25)5)23-11-9-8-10-18(23)3/h9-11,14-18,23H,6-8,12-13H2,1-5H3;6,9-10,13-17,22H,7-8,11-12H2,1-5H3;9-15,17H,16H2,1-8H3;4-18H,1-3H3;8-11,13-17H,12H2,1-7H3/q5*+1/i1D3,2D3,4D3,23D;1D3,2D3,4D3,22D;1D3,2D3,4D3,16D2;1D3;3D3,4D3,6D3,12D2. The van der Waals surface area contributed by atoms with Crippen molar-refractivity contribution in [2.75, 3.05) is 0 Å². The van der Waals surface area contributed by atoms with Crippen LogP contribution in [0.5, 0.6) is 0 Å². The second kappa shape index (κ2) is 45.0. The van der Waals surface area contributed by atoms with Gasteiger partial charge < -0.3 is 0 Å². The second-order valence-corrected chi connectivity index (χ2v) is 37.9. The number of aryl methyl sites for hydroxylation is 23. The first-order chi connectivity index (χ1) is 84.4. The summed E-state index contributed by atoms with van der Waals surface area (Å²) in [6.07, 6.45) is 10.7. The van der Waals surface area contributed by atoms with Gasteiger partial charge >= 0.3 is 0 Å². The molecule has 18 rings (SSSR count). The first-order valence-electron chi connectivity index (χ1n) is 69.8. The van der Waals surface area contributed by atoms with Gasteiger partial charge in [-0.3, -0.25) is 0 Å². The SMILES string of the molecule is [2H]C([2H])([2H])c1ccccc1-c1cc(-c2cc(C([2H])([2H])C(C)(C)C)c(C([2H])([2H])[2H])c[n+]2C)c(C)cc1C([2H])([2H])[2H].[2H]C([2H])([2H])c1ccccc1-c1cc(-c2cc(C([2H])([2H])C(C)C)c(C([2H])([2H])[2H])c[n+]2C)c(C)cc1C([2H])([2H])[2H].[2H]C([2H])([2H])c1ccccc1-c1cc(-c2cc(C3([2H])CCCC3)c(C([2H])([2H])[2H])c[n+]2C)c(C)cc1C([2H])([2H])[2H].[2H]C([2H])([2H])c1ccccc1-c1cc(-c2cc(C3([2H])CCCCC3)c(C([2H])([2H])[2H])c[n+]2C)c(C)cc1C([2H])([2H])[2H].[2H]C([2H])([2H])c1ccccc1-c1ccc(C)c(-c2cc(-c3ccccc3)cc[n+]2C)c1. The Morgan fingerprint density at radius 3 is 0.957 bits per heavy atom. The first-order valence-corrected chi connectivity index (χ1v) is 47.3. The van der Waals surface area contributed by atoms with Crippen molar-refractivity contribution in [3.63, 3.8) is 0 Å². The number of benzene rings is 11. The topological polar surface area (TPSA) is 19.4 Å². The van der Waals surface area contributed by atoms with E-state index in [4.69, 9.17) is 60.3 Å². The summed E-state index contributed by atoms with van der Waals surface area (Å²) in [6.45, 7) is -14.5. The average molecular weight is 1880 g/mol. The molecule has 0 spiro atoms. The molecular formula is C134H156N5+5. The maximum atomic E-state index is 9.26. The highest BCUT2D eigenvalue weighted by atomic mass is 14.9. The summed E-state index contributed by atoms with van der Waals surface area (Å²) in [7, 11) is 8.79. The molecule has 2 saturated carbocycles. The van der Waals surface area contributed by atoms with Gasteiger partial charge in [0.05, 0.1) is 0 Å².